The molecule has 0 bridgehead atoms. The fourth-order valence-electron chi connectivity index (χ4n) is 2.19. The number of halogens is 1. The SMILES string of the molecule is COCc1noc([C@@H]2C[C@H]2c2ccccc2Br)n1. The minimum atomic E-state index is 0.349. The highest BCUT2D eigenvalue weighted by Gasteiger charge is 2.44. The van der Waals surface area contributed by atoms with Crippen molar-refractivity contribution in [2.24, 2.45) is 0 Å². The first-order chi connectivity index (χ1) is 8.79. The van der Waals surface area contributed by atoms with E-state index in [1.807, 2.05) is 6.07 Å². The van der Waals surface area contributed by atoms with E-state index in [2.05, 4.69) is 44.3 Å². The van der Waals surface area contributed by atoms with E-state index in [9.17, 15) is 0 Å². The molecule has 0 amide bonds. The minimum Gasteiger partial charge on any atom is -0.377 e. The molecule has 0 aliphatic heterocycles. The second-order valence-corrected chi connectivity index (χ2v) is 5.31. The van der Waals surface area contributed by atoms with Gasteiger partial charge >= 0.3 is 0 Å². The molecule has 18 heavy (non-hydrogen) atoms. The van der Waals surface area contributed by atoms with Crippen LogP contribution in [0.15, 0.2) is 33.3 Å². The molecular formula is C13H13BrN2O2. The van der Waals surface area contributed by atoms with Crippen LogP contribution in [0.5, 0.6) is 0 Å². The van der Waals surface area contributed by atoms with Crippen LogP contribution in [0.4, 0.5) is 0 Å². The molecule has 1 aliphatic rings. The standard InChI is InChI=1S/C13H13BrN2O2/c1-17-7-12-15-13(18-16-12)10-6-9(10)8-4-2-3-5-11(8)14/h2-5,9-10H,6-7H2,1H3/t9-,10+/m0/s1. The van der Waals surface area contributed by atoms with Crippen LogP contribution in [0, 0.1) is 0 Å². The van der Waals surface area contributed by atoms with E-state index in [-0.39, 0.29) is 0 Å². The maximum absolute atomic E-state index is 5.28. The Morgan fingerprint density at radius 1 is 1.39 bits per heavy atom. The van der Waals surface area contributed by atoms with Gasteiger partial charge in [0.15, 0.2) is 5.82 Å². The molecule has 1 aliphatic carbocycles. The molecule has 94 valence electrons. The van der Waals surface area contributed by atoms with Crippen molar-refractivity contribution in [1.82, 2.24) is 10.1 Å². The number of methoxy groups -OCH3 is 1. The van der Waals surface area contributed by atoms with Crippen molar-refractivity contribution >= 4 is 15.9 Å². The molecule has 1 saturated carbocycles. The summed E-state index contributed by atoms with van der Waals surface area (Å²) < 4.78 is 11.4. The Morgan fingerprint density at radius 2 is 2.22 bits per heavy atom. The molecule has 1 fully saturated rings. The molecule has 4 nitrogen and oxygen atoms in total. The molecule has 5 heteroatoms. The molecular weight excluding hydrogens is 296 g/mol. The summed E-state index contributed by atoms with van der Waals surface area (Å²) in [6.07, 6.45) is 1.07. The topological polar surface area (TPSA) is 48.2 Å². The number of benzene rings is 1. The maximum atomic E-state index is 5.28. The number of hydrogen-bond donors (Lipinski definition) is 0. The van der Waals surface area contributed by atoms with Gasteiger partial charge in [0.05, 0.1) is 0 Å². The summed E-state index contributed by atoms with van der Waals surface area (Å²) >= 11 is 3.58. The highest BCUT2D eigenvalue weighted by molar-refractivity contribution is 9.10. The summed E-state index contributed by atoms with van der Waals surface area (Å²) in [5, 5.41) is 3.89. The van der Waals surface area contributed by atoms with E-state index in [4.69, 9.17) is 9.26 Å². The molecule has 1 heterocycles. The molecule has 1 aromatic carbocycles. The lowest BCUT2D eigenvalue weighted by atomic mass is 10.1. The zero-order valence-corrected chi connectivity index (χ0v) is 11.6. The Morgan fingerprint density at radius 3 is 3.00 bits per heavy atom. The number of aromatic nitrogens is 2. The highest BCUT2D eigenvalue weighted by atomic mass is 79.9. The average Bonchev–Trinajstić information content (AvgIpc) is 3.03. The lowest BCUT2D eigenvalue weighted by Crippen LogP contribution is -1.90. The average molecular weight is 309 g/mol. The first-order valence-corrected chi connectivity index (χ1v) is 6.64. The highest BCUT2D eigenvalue weighted by Crippen LogP contribution is 2.55. The third kappa shape index (κ3) is 2.20. The number of rotatable bonds is 4. The van der Waals surface area contributed by atoms with Crippen molar-refractivity contribution in [2.75, 3.05) is 7.11 Å². The first-order valence-electron chi connectivity index (χ1n) is 5.85. The summed E-state index contributed by atoms with van der Waals surface area (Å²) in [6.45, 7) is 0.399. The van der Waals surface area contributed by atoms with Crippen molar-refractivity contribution in [3.8, 4) is 0 Å². The summed E-state index contributed by atoms with van der Waals surface area (Å²) in [4.78, 5) is 4.35. The maximum Gasteiger partial charge on any atom is 0.230 e. The molecule has 2 atom stereocenters. The van der Waals surface area contributed by atoms with Gasteiger partial charge in [-0.05, 0) is 24.0 Å². The second kappa shape index (κ2) is 4.82. The molecule has 2 aromatic rings. The third-order valence-electron chi connectivity index (χ3n) is 3.17. The predicted octanol–water partition coefficient (Wildman–Crippen LogP) is 3.25. The molecule has 0 saturated heterocycles. The van der Waals surface area contributed by atoms with Crippen molar-refractivity contribution in [2.45, 2.75) is 24.9 Å². The van der Waals surface area contributed by atoms with Gasteiger partial charge in [0, 0.05) is 17.5 Å². The summed E-state index contributed by atoms with van der Waals surface area (Å²) in [5.41, 5.74) is 1.31. The van der Waals surface area contributed by atoms with Crippen molar-refractivity contribution in [3.63, 3.8) is 0 Å². The Kier molecular flexibility index (Phi) is 3.18. The molecule has 0 spiro atoms. The second-order valence-electron chi connectivity index (χ2n) is 4.45. The van der Waals surface area contributed by atoms with Gasteiger partial charge in [-0.25, -0.2) is 0 Å². The van der Waals surface area contributed by atoms with Crippen LogP contribution in [0.25, 0.3) is 0 Å². The Hall–Kier alpha value is -1.20. The summed E-state index contributed by atoms with van der Waals surface area (Å²) in [7, 11) is 1.62. The zero-order chi connectivity index (χ0) is 12.5. The Labute approximate surface area is 113 Å². The van der Waals surface area contributed by atoms with Gasteiger partial charge in [-0.3, -0.25) is 0 Å². The van der Waals surface area contributed by atoms with Crippen LogP contribution in [0.1, 0.15) is 35.5 Å². The van der Waals surface area contributed by atoms with Gasteiger partial charge in [-0.1, -0.05) is 39.3 Å². The van der Waals surface area contributed by atoms with Crippen molar-refractivity contribution in [3.05, 3.63) is 46.0 Å². The van der Waals surface area contributed by atoms with E-state index >= 15 is 0 Å². The molecule has 0 N–H and O–H groups in total. The van der Waals surface area contributed by atoms with Crippen LogP contribution >= 0.6 is 15.9 Å². The minimum absolute atomic E-state index is 0.349. The predicted molar refractivity (Wildman–Crippen MR) is 69.3 cm³/mol. The van der Waals surface area contributed by atoms with Gasteiger partial charge in [0.25, 0.3) is 0 Å². The number of ether oxygens (including phenoxy) is 1. The van der Waals surface area contributed by atoms with Gasteiger partial charge in [-0.15, -0.1) is 0 Å². The first kappa shape index (κ1) is 11.9. The fraction of sp³-hybridized carbons (Fsp3) is 0.385. The van der Waals surface area contributed by atoms with Crippen LogP contribution < -0.4 is 0 Å². The van der Waals surface area contributed by atoms with E-state index in [0.717, 1.165) is 16.8 Å². The van der Waals surface area contributed by atoms with Crippen LogP contribution in [0.2, 0.25) is 0 Å². The van der Waals surface area contributed by atoms with E-state index in [0.29, 0.717) is 24.3 Å². The van der Waals surface area contributed by atoms with Crippen molar-refractivity contribution < 1.29 is 9.26 Å². The van der Waals surface area contributed by atoms with E-state index in [1.54, 1.807) is 7.11 Å². The lowest BCUT2D eigenvalue weighted by Gasteiger charge is -2.01. The Bertz CT molecular complexity index is 555. The number of hydrogen-bond acceptors (Lipinski definition) is 4. The molecule has 0 unspecified atom stereocenters. The molecule has 1 aromatic heterocycles. The van der Waals surface area contributed by atoms with Gasteiger partial charge in [0.1, 0.15) is 6.61 Å². The zero-order valence-electron chi connectivity index (χ0n) is 9.97. The van der Waals surface area contributed by atoms with Crippen LogP contribution in [-0.2, 0) is 11.3 Å². The molecule has 3 rings (SSSR count). The largest absolute Gasteiger partial charge is 0.377 e. The van der Waals surface area contributed by atoms with Gasteiger partial charge in [-0.2, -0.15) is 4.98 Å². The smallest absolute Gasteiger partial charge is 0.230 e. The quantitative estimate of drug-likeness (QED) is 0.870. The fourth-order valence-corrected chi connectivity index (χ4v) is 2.77. The monoisotopic (exact) mass is 308 g/mol. The van der Waals surface area contributed by atoms with E-state index in [1.165, 1.54) is 5.56 Å². The van der Waals surface area contributed by atoms with Gasteiger partial charge in [0.2, 0.25) is 5.89 Å². The number of nitrogens with zero attached hydrogens (tertiary/aromatic N) is 2. The van der Waals surface area contributed by atoms with Crippen LogP contribution in [-0.4, -0.2) is 17.3 Å². The Balaban J connectivity index is 1.75. The lowest BCUT2D eigenvalue weighted by molar-refractivity contribution is 0.174. The van der Waals surface area contributed by atoms with Crippen LogP contribution in [0.3, 0.4) is 0 Å². The summed E-state index contributed by atoms with van der Waals surface area (Å²) in [6, 6.07) is 8.28. The third-order valence-corrected chi connectivity index (χ3v) is 3.89. The van der Waals surface area contributed by atoms with Gasteiger partial charge < -0.3 is 9.26 Å². The normalized spacial score (nSPS) is 22.1. The molecule has 0 radical (unpaired) electrons. The summed E-state index contributed by atoms with van der Waals surface area (Å²) in [5.74, 6) is 2.17. The van der Waals surface area contributed by atoms with E-state index < -0.39 is 0 Å². The van der Waals surface area contributed by atoms with Crippen molar-refractivity contribution in [1.29, 1.82) is 0 Å².